The second-order valence-electron chi connectivity index (χ2n) is 9.60. The number of rotatable bonds is 8. The van der Waals surface area contributed by atoms with Crippen LogP contribution >= 0.6 is 0 Å². The van der Waals surface area contributed by atoms with E-state index in [-0.39, 0.29) is 11.7 Å². The van der Waals surface area contributed by atoms with Crippen molar-refractivity contribution < 1.29 is 12.8 Å². The number of benzene rings is 3. The van der Waals surface area contributed by atoms with Crippen LogP contribution in [-0.2, 0) is 10.0 Å². The van der Waals surface area contributed by atoms with Gasteiger partial charge in [0.15, 0.2) is 0 Å². The molecule has 1 N–H and O–H groups in total. The monoisotopic (exact) mass is 479 g/mol. The van der Waals surface area contributed by atoms with Crippen LogP contribution in [0.4, 0.5) is 4.39 Å². The molecule has 0 amide bonds. The van der Waals surface area contributed by atoms with Crippen molar-refractivity contribution in [3.8, 4) is 5.69 Å². The molecule has 1 heterocycles. The number of nitrogens with zero attached hydrogens (tertiary/aromatic N) is 2. The molecule has 7 heteroatoms. The highest BCUT2D eigenvalue weighted by Gasteiger charge is 2.34. The van der Waals surface area contributed by atoms with Crippen molar-refractivity contribution in [3.63, 3.8) is 0 Å². The van der Waals surface area contributed by atoms with Crippen LogP contribution < -0.4 is 4.72 Å². The lowest BCUT2D eigenvalue weighted by molar-refractivity contribution is 0.317. The predicted molar refractivity (Wildman–Crippen MR) is 135 cm³/mol. The molecule has 1 atom stereocenters. The van der Waals surface area contributed by atoms with Crippen molar-refractivity contribution in [1.29, 1.82) is 0 Å². The van der Waals surface area contributed by atoms with Crippen LogP contribution in [0.1, 0.15) is 44.7 Å². The smallest absolute Gasteiger partial charge is 0.213 e. The van der Waals surface area contributed by atoms with Crippen molar-refractivity contribution >= 4 is 20.9 Å². The van der Waals surface area contributed by atoms with E-state index in [1.165, 1.54) is 12.1 Å². The molecular formula is C27H30FN3O2S. The molecule has 0 fully saturated rings. The van der Waals surface area contributed by atoms with Gasteiger partial charge in [-0.2, -0.15) is 5.10 Å². The summed E-state index contributed by atoms with van der Waals surface area (Å²) in [7, 11) is -3.38. The van der Waals surface area contributed by atoms with E-state index in [4.69, 9.17) is 0 Å². The van der Waals surface area contributed by atoms with Crippen LogP contribution in [0.3, 0.4) is 0 Å². The number of hydrogen-bond donors (Lipinski definition) is 1. The Labute approximate surface area is 200 Å². The molecule has 1 aromatic heterocycles. The lowest BCUT2D eigenvalue weighted by Crippen LogP contribution is -2.40. The number of hydrogen-bond acceptors (Lipinski definition) is 3. The third-order valence-corrected chi connectivity index (χ3v) is 8.05. The molecule has 0 aliphatic rings. The van der Waals surface area contributed by atoms with E-state index in [0.717, 1.165) is 27.7 Å². The maximum Gasteiger partial charge on any atom is 0.213 e. The van der Waals surface area contributed by atoms with Crippen LogP contribution in [-0.4, -0.2) is 30.0 Å². The van der Waals surface area contributed by atoms with Gasteiger partial charge in [0.1, 0.15) is 5.82 Å². The van der Waals surface area contributed by atoms with Crippen molar-refractivity contribution in [2.24, 2.45) is 5.41 Å². The maximum atomic E-state index is 13.4. The van der Waals surface area contributed by atoms with Crippen molar-refractivity contribution in [2.45, 2.75) is 38.9 Å². The van der Waals surface area contributed by atoms with E-state index in [9.17, 15) is 12.8 Å². The Balaban J connectivity index is 1.74. The first-order valence-corrected chi connectivity index (χ1v) is 12.9. The van der Waals surface area contributed by atoms with Gasteiger partial charge in [0.2, 0.25) is 10.0 Å². The highest BCUT2D eigenvalue weighted by Crippen LogP contribution is 2.41. The van der Waals surface area contributed by atoms with Gasteiger partial charge in [-0.15, -0.1) is 0 Å². The lowest BCUT2D eigenvalue weighted by Gasteiger charge is -2.36. The van der Waals surface area contributed by atoms with Crippen molar-refractivity contribution in [2.75, 3.05) is 6.54 Å². The zero-order valence-electron chi connectivity index (χ0n) is 19.9. The van der Waals surface area contributed by atoms with E-state index in [0.29, 0.717) is 6.54 Å². The summed E-state index contributed by atoms with van der Waals surface area (Å²) in [6, 6.07) is 22.6. The fraction of sp³-hybridized carbons (Fsp3) is 0.296. The molecule has 0 saturated heterocycles. The largest absolute Gasteiger partial charge is 0.233 e. The summed E-state index contributed by atoms with van der Waals surface area (Å²) in [4.78, 5) is 0. The van der Waals surface area contributed by atoms with Crippen LogP contribution in [0.25, 0.3) is 16.6 Å². The van der Waals surface area contributed by atoms with Gasteiger partial charge >= 0.3 is 0 Å². The first-order valence-electron chi connectivity index (χ1n) is 11.4. The third-order valence-electron chi connectivity index (χ3n) is 6.26. The molecule has 4 aromatic rings. The maximum absolute atomic E-state index is 13.4. The van der Waals surface area contributed by atoms with E-state index >= 15 is 0 Å². The fourth-order valence-electron chi connectivity index (χ4n) is 4.31. The van der Waals surface area contributed by atoms with Gasteiger partial charge in [0.25, 0.3) is 0 Å². The lowest BCUT2D eigenvalue weighted by atomic mass is 9.71. The summed E-state index contributed by atoms with van der Waals surface area (Å²) >= 11 is 0. The van der Waals surface area contributed by atoms with Crippen molar-refractivity contribution in [3.05, 3.63) is 95.9 Å². The number of sulfonamides is 1. The van der Waals surface area contributed by atoms with E-state index in [1.807, 2.05) is 24.3 Å². The van der Waals surface area contributed by atoms with E-state index in [2.05, 4.69) is 47.9 Å². The van der Waals surface area contributed by atoms with Gasteiger partial charge in [0.05, 0.1) is 22.7 Å². The normalized spacial score (nSPS) is 13.5. The van der Waals surface area contributed by atoms with E-state index in [1.54, 1.807) is 36.9 Å². The molecule has 0 radical (unpaired) electrons. The quantitative estimate of drug-likeness (QED) is 0.355. The standard InChI is InChI=1S/C27H30FN3O2S/c1-19(2)34(32,33)30-18-27(3,4)26(20-8-6-5-7-9-20)21-10-15-25-22(16-21)17-29-31(25)24-13-11-23(28)12-14-24/h5-17,19,26,30H,18H2,1-4H3. The molecule has 1 unspecified atom stereocenters. The Hall–Kier alpha value is -3.03. The summed E-state index contributed by atoms with van der Waals surface area (Å²) in [5, 5.41) is 4.99. The molecule has 0 spiro atoms. The zero-order valence-corrected chi connectivity index (χ0v) is 20.7. The van der Waals surface area contributed by atoms with Crippen LogP contribution in [0.15, 0.2) is 79.0 Å². The molecule has 3 aromatic carbocycles. The third kappa shape index (κ3) is 4.91. The van der Waals surface area contributed by atoms with Gasteiger partial charge in [-0.05, 0) is 66.8 Å². The molecular weight excluding hydrogens is 449 g/mol. The van der Waals surface area contributed by atoms with E-state index < -0.39 is 20.7 Å². The van der Waals surface area contributed by atoms with Crippen LogP contribution in [0, 0.1) is 11.2 Å². The fourth-order valence-corrected chi connectivity index (χ4v) is 5.22. The van der Waals surface area contributed by atoms with Gasteiger partial charge in [0, 0.05) is 17.8 Å². The van der Waals surface area contributed by atoms with Crippen molar-refractivity contribution in [1.82, 2.24) is 14.5 Å². The second kappa shape index (κ2) is 9.31. The summed E-state index contributed by atoms with van der Waals surface area (Å²) in [5.74, 6) is -0.342. The second-order valence-corrected chi connectivity index (χ2v) is 11.9. The average molecular weight is 480 g/mol. The molecule has 0 aliphatic carbocycles. The average Bonchev–Trinajstić information content (AvgIpc) is 3.22. The van der Waals surface area contributed by atoms with Crippen LogP contribution in [0.2, 0.25) is 0 Å². The van der Waals surface area contributed by atoms with Gasteiger partial charge in [-0.3, -0.25) is 0 Å². The van der Waals surface area contributed by atoms with Gasteiger partial charge in [-0.1, -0.05) is 50.2 Å². The first kappa shape index (κ1) is 24.1. The highest BCUT2D eigenvalue weighted by molar-refractivity contribution is 7.90. The number of nitrogens with one attached hydrogen (secondary N) is 1. The van der Waals surface area contributed by atoms with Gasteiger partial charge < -0.3 is 0 Å². The predicted octanol–water partition coefficient (Wildman–Crippen LogP) is 5.65. The number of fused-ring (bicyclic) bond motifs is 1. The molecule has 0 bridgehead atoms. The minimum absolute atomic E-state index is 0.0536. The Morgan fingerprint density at radius 1 is 0.971 bits per heavy atom. The SMILES string of the molecule is CC(C)S(=O)(=O)NCC(C)(C)C(c1ccccc1)c1ccc2c(cnn2-c2ccc(F)cc2)c1. The Morgan fingerprint density at radius 3 is 2.29 bits per heavy atom. The summed E-state index contributed by atoms with van der Waals surface area (Å²) < 4.78 is 42.9. The summed E-state index contributed by atoms with van der Waals surface area (Å²) in [6.07, 6.45) is 1.80. The first-order chi connectivity index (χ1) is 16.1. The Morgan fingerprint density at radius 2 is 1.65 bits per heavy atom. The molecule has 178 valence electrons. The Bertz CT molecular complexity index is 1380. The minimum atomic E-state index is -3.38. The topological polar surface area (TPSA) is 64.0 Å². The molecule has 34 heavy (non-hydrogen) atoms. The number of aromatic nitrogens is 2. The number of halogens is 1. The summed E-state index contributed by atoms with van der Waals surface area (Å²) in [6.45, 7) is 7.83. The summed E-state index contributed by atoms with van der Waals surface area (Å²) in [5.41, 5.74) is 3.48. The zero-order chi connectivity index (χ0) is 24.5. The molecule has 0 aliphatic heterocycles. The highest BCUT2D eigenvalue weighted by atomic mass is 32.2. The molecule has 5 nitrogen and oxygen atoms in total. The molecule has 0 saturated carbocycles. The Kier molecular flexibility index (Phi) is 6.60. The molecule has 4 rings (SSSR count). The van der Waals surface area contributed by atoms with Crippen LogP contribution in [0.5, 0.6) is 0 Å². The minimum Gasteiger partial charge on any atom is -0.233 e. The van der Waals surface area contributed by atoms with Gasteiger partial charge in [-0.25, -0.2) is 22.2 Å².